The molecular formula is C25H32F3N3O8S2. The van der Waals surface area contributed by atoms with Crippen LogP contribution in [0.3, 0.4) is 0 Å². The lowest BCUT2D eigenvalue weighted by Gasteiger charge is -2.35. The van der Waals surface area contributed by atoms with Gasteiger partial charge in [-0.2, -0.15) is 13.2 Å². The van der Waals surface area contributed by atoms with Crippen molar-refractivity contribution >= 4 is 31.5 Å². The highest BCUT2D eigenvalue weighted by Gasteiger charge is 2.50. The van der Waals surface area contributed by atoms with E-state index in [1.54, 1.807) is 6.92 Å². The minimum Gasteiger partial charge on any atom is -0.486 e. The number of rotatable bonds is 11. The number of aryl methyl sites for hydroxylation is 1. The Morgan fingerprint density at radius 3 is 2.44 bits per heavy atom. The van der Waals surface area contributed by atoms with Gasteiger partial charge in [-0.05, 0) is 57.7 Å². The van der Waals surface area contributed by atoms with Crippen LogP contribution >= 0.6 is 0 Å². The number of aromatic nitrogens is 2. The van der Waals surface area contributed by atoms with Crippen LogP contribution in [0.25, 0.3) is 0 Å². The molecule has 41 heavy (non-hydrogen) atoms. The third kappa shape index (κ3) is 6.58. The molecule has 1 aromatic carbocycles. The van der Waals surface area contributed by atoms with Crippen molar-refractivity contribution in [3.05, 3.63) is 30.0 Å². The van der Waals surface area contributed by atoms with E-state index >= 15 is 0 Å². The van der Waals surface area contributed by atoms with E-state index < -0.39 is 50.1 Å². The summed E-state index contributed by atoms with van der Waals surface area (Å²) in [7, 11) is -6.43. The van der Waals surface area contributed by atoms with Gasteiger partial charge in [-0.3, -0.25) is 13.8 Å². The molecule has 2 aromatic rings. The Labute approximate surface area is 236 Å². The summed E-state index contributed by atoms with van der Waals surface area (Å²) in [6, 6.07) is 4.12. The summed E-state index contributed by atoms with van der Waals surface area (Å²) in [5, 5.41) is 3.73. The molecule has 2 heterocycles. The van der Waals surface area contributed by atoms with E-state index in [9.17, 15) is 34.8 Å². The van der Waals surface area contributed by atoms with Gasteiger partial charge in [0.1, 0.15) is 11.9 Å². The van der Waals surface area contributed by atoms with Crippen molar-refractivity contribution in [1.82, 2.24) is 9.78 Å². The summed E-state index contributed by atoms with van der Waals surface area (Å²) in [6.07, 6.45) is -3.64. The molecule has 1 saturated carbocycles. The fourth-order valence-corrected chi connectivity index (χ4v) is 7.64. The number of benzene rings is 1. The maximum atomic E-state index is 14.0. The number of esters is 1. The predicted molar refractivity (Wildman–Crippen MR) is 141 cm³/mol. The van der Waals surface area contributed by atoms with Gasteiger partial charge in [0.25, 0.3) is 15.9 Å². The lowest BCUT2D eigenvalue weighted by molar-refractivity contribution is -0.257. The first kappa shape index (κ1) is 30.9. The zero-order valence-electron chi connectivity index (χ0n) is 23.0. The van der Waals surface area contributed by atoms with Gasteiger partial charge in [-0.1, -0.05) is 6.07 Å². The van der Waals surface area contributed by atoms with Crippen LogP contribution in [0.2, 0.25) is 0 Å². The van der Waals surface area contributed by atoms with Crippen molar-refractivity contribution in [2.24, 2.45) is 0 Å². The third-order valence-corrected chi connectivity index (χ3v) is 10.9. The largest absolute Gasteiger partial charge is 0.486 e. The molecule has 1 aliphatic carbocycles. The Bertz CT molecular complexity index is 1520. The fraction of sp³-hybridized carbons (Fsp3) is 0.600. The Morgan fingerprint density at radius 1 is 1.17 bits per heavy atom. The van der Waals surface area contributed by atoms with Crippen molar-refractivity contribution in [1.29, 1.82) is 0 Å². The average molecular weight is 624 g/mol. The molecule has 1 aromatic heterocycles. The Hall–Kier alpha value is -3.01. The maximum Gasteiger partial charge on any atom is 0.427 e. The van der Waals surface area contributed by atoms with Gasteiger partial charge >= 0.3 is 12.1 Å². The highest BCUT2D eigenvalue weighted by molar-refractivity contribution is 7.93. The average Bonchev–Trinajstić information content (AvgIpc) is 3.66. The summed E-state index contributed by atoms with van der Waals surface area (Å²) < 4.78 is 111. The number of sulfone groups is 1. The van der Waals surface area contributed by atoms with Crippen molar-refractivity contribution in [3.8, 4) is 11.6 Å². The predicted octanol–water partition coefficient (Wildman–Crippen LogP) is 3.26. The van der Waals surface area contributed by atoms with Crippen LogP contribution in [0.4, 0.5) is 18.9 Å². The highest BCUT2D eigenvalue weighted by Crippen LogP contribution is 2.41. The number of anilines is 1. The van der Waals surface area contributed by atoms with Crippen molar-refractivity contribution in [2.75, 3.05) is 23.7 Å². The van der Waals surface area contributed by atoms with E-state index in [0.717, 1.165) is 18.2 Å². The first-order valence-corrected chi connectivity index (χ1v) is 16.1. The number of alkyl halides is 3. The van der Waals surface area contributed by atoms with E-state index in [2.05, 4.69) is 9.84 Å². The molecule has 0 saturated heterocycles. The summed E-state index contributed by atoms with van der Waals surface area (Å²) in [6.45, 7) is 3.31. The highest BCUT2D eigenvalue weighted by atomic mass is 32.2. The summed E-state index contributed by atoms with van der Waals surface area (Å²) in [4.78, 5) is 12.1. The number of methoxy groups -OCH3 is 1. The molecule has 228 valence electrons. The van der Waals surface area contributed by atoms with Gasteiger partial charge in [0.05, 0.1) is 36.8 Å². The summed E-state index contributed by atoms with van der Waals surface area (Å²) in [5.41, 5.74) is -2.51. The van der Waals surface area contributed by atoms with Gasteiger partial charge in [0, 0.05) is 12.7 Å². The number of fused-ring (bicyclic) bond motifs is 1. The second kappa shape index (κ2) is 11.0. The molecule has 1 aliphatic heterocycles. The second-order valence-corrected chi connectivity index (χ2v) is 14.7. The summed E-state index contributed by atoms with van der Waals surface area (Å²) >= 11 is 0. The molecule has 0 N–H and O–H groups in total. The van der Waals surface area contributed by atoms with Crippen LogP contribution in [0, 0.1) is 0 Å². The van der Waals surface area contributed by atoms with E-state index in [-0.39, 0.29) is 51.7 Å². The molecule has 0 spiro atoms. The van der Waals surface area contributed by atoms with Crippen LogP contribution < -0.4 is 13.8 Å². The number of hydrogen-bond acceptors (Lipinski definition) is 9. The van der Waals surface area contributed by atoms with Crippen LogP contribution in [0.1, 0.15) is 45.6 Å². The molecule has 0 unspecified atom stereocenters. The van der Waals surface area contributed by atoms with Crippen molar-refractivity contribution in [2.45, 2.75) is 81.0 Å². The zero-order chi connectivity index (χ0) is 30.4. The topological polar surface area (TPSA) is 134 Å². The van der Waals surface area contributed by atoms with E-state index in [0.29, 0.717) is 19.4 Å². The molecular weight excluding hydrogens is 591 g/mol. The number of ether oxygens (including phenoxy) is 3. The third-order valence-electron chi connectivity index (χ3n) is 6.89. The Morgan fingerprint density at radius 2 is 1.85 bits per heavy atom. The number of carbonyl (C=O) groups is 1. The van der Waals surface area contributed by atoms with Gasteiger partial charge in [0.2, 0.25) is 5.60 Å². The zero-order valence-corrected chi connectivity index (χ0v) is 24.6. The Kier molecular flexibility index (Phi) is 8.30. The fourth-order valence-electron chi connectivity index (χ4n) is 4.26. The smallest absolute Gasteiger partial charge is 0.427 e. The van der Waals surface area contributed by atoms with Gasteiger partial charge in [-0.25, -0.2) is 16.8 Å². The monoisotopic (exact) mass is 623 g/mol. The number of halogens is 3. The van der Waals surface area contributed by atoms with E-state index in [4.69, 9.17) is 9.47 Å². The first-order chi connectivity index (χ1) is 19.0. The minimum atomic E-state index is -4.79. The van der Waals surface area contributed by atoms with Crippen molar-refractivity contribution < 1.29 is 49.0 Å². The van der Waals surface area contributed by atoms with Crippen LogP contribution in [-0.4, -0.2) is 75.1 Å². The maximum absolute atomic E-state index is 14.0. The number of carbonyl (C=O) groups excluding carboxylic acids is 1. The second-order valence-electron chi connectivity index (χ2n) is 10.5. The molecule has 2 aliphatic rings. The molecule has 4 rings (SSSR count). The SMILES string of the molecule is CCn1cc(S(=O)(=O)N2C[C@H](CCS(=O)(=O)C3CC3)Oc3ccc(CC(=O)OC(C)(C)C(F)(F)F)cc32)c(OC)n1. The lowest BCUT2D eigenvalue weighted by atomic mass is 10.1. The molecule has 1 atom stereocenters. The molecule has 1 fully saturated rings. The van der Waals surface area contributed by atoms with Crippen LogP contribution in [0.15, 0.2) is 29.3 Å². The molecule has 16 heteroatoms. The molecule has 0 amide bonds. The molecule has 0 radical (unpaired) electrons. The van der Waals surface area contributed by atoms with Gasteiger partial charge < -0.3 is 14.2 Å². The van der Waals surface area contributed by atoms with Gasteiger partial charge in [0.15, 0.2) is 14.7 Å². The van der Waals surface area contributed by atoms with Gasteiger partial charge in [-0.15, -0.1) is 5.10 Å². The quantitative estimate of drug-likeness (QED) is 0.346. The minimum absolute atomic E-state index is 0.0259. The van der Waals surface area contributed by atoms with E-state index in [1.165, 1.54) is 36.2 Å². The Balaban J connectivity index is 1.67. The normalized spacial score (nSPS) is 18.0. The van der Waals surface area contributed by atoms with E-state index in [1.807, 2.05) is 0 Å². The lowest BCUT2D eigenvalue weighted by Crippen LogP contribution is -2.44. The number of nitrogens with zero attached hydrogens (tertiary/aromatic N) is 3. The first-order valence-electron chi connectivity index (χ1n) is 12.9. The van der Waals surface area contributed by atoms with Crippen LogP contribution in [0.5, 0.6) is 11.6 Å². The number of hydrogen-bond donors (Lipinski definition) is 0. The molecule has 0 bridgehead atoms. The number of sulfonamides is 1. The van der Waals surface area contributed by atoms with Crippen LogP contribution in [-0.2, 0) is 42.4 Å². The molecule has 11 nitrogen and oxygen atoms in total. The standard InChI is InChI=1S/C25H32F3N3O8S2/c1-5-30-15-21(23(29-30)37-4)41(35,36)31-14-17(10-11-40(33,34)18-7-8-18)38-20-9-6-16(12-19(20)31)13-22(32)39-24(2,3)25(26,27)28/h6,9,12,15,17-18H,5,7-8,10-11,13-14H2,1-4H3/t17-/m0/s1. The van der Waals surface area contributed by atoms with Crippen molar-refractivity contribution in [3.63, 3.8) is 0 Å². The summed E-state index contributed by atoms with van der Waals surface area (Å²) in [5.74, 6) is -1.39.